The third-order valence-electron chi connectivity index (χ3n) is 1.58. The van der Waals surface area contributed by atoms with Gasteiger partial charge in [0.2, 0.25) is 11.8 Å². The van der Waals surface area contributed by atoms with E-state index in [0.717, 1.165) is 4.90 Å². The summed E-state index contributed by atoms with van der Waals surface area (Å²) in [5, 5.41) is 2.02. The van der Waals surface area contributed by atoms with Gasteiger partial charge in [-0.3, -0.25) is 14.9 Å². The Labute approximate surface area is 92.7 Å². The third-order valence-corrected chi connectivity index (χ3v) is 1.82. The zero-order valence-electron chi connectivity index (χ0n) is 8.62. The van der Waals surface area contributed by atoms with E-state index in [1.165, 1.54) is 0 Å². The van der Waals surface area contributed by atoms with Crippen LogP contribution in [0.25, 0.3) is 0 Å². The Balaban J connectivity index is 4.42. The molecule has 0 fully saturated rings. The lowest BCUT2D eigenvalue weighted by atomic mass is 10.3. The molecular weight excluding hydrogens is 222 g/mol. The van der Waals surface area contributed by atoms with Crippen LogP contribution >= 0.6 is 11.6 Å². The van der Waals surface area contributed by atoms with Gasteiger partial charge in [-0.1, -0.05) is 0 Å². The fourth-order valence-corrected chi connectivity index (χ4v) is 0.948. The van der Waals surface area contributed by atoms with Crippen molar-refractivity contribution in [2.24, 2.45) is 5.73 Å². The number of imide groups is 1. The monoisotopic (exact) mass is 235 g/mol. The Morgan fingerprint density at radius 3 is 2.27 bits per heavy atom. The molecule has 0 aromatic carbocycles. The molecule has 0 spiro atoms. The van der Waals surface area contributed by atoms with Gasteiger partial charge in [0, 0.05) is 6.04 Å². The molecule has 15 heavy (non-hydrogen) atoms. The molecule has 0 radical (unpaired) electrons. The van der Waals surface area contributed by atoms with Gasteiger partial charge >= 0.3 is 6.03 Å². The van der Waals surface area contributed by atoms with Gasteiger partial charge in [0.25, 0.3) is 0 Å². The lowest BCUT2D eigenvalue weighted by molar-refractivity contribution is -0.120. The summed E-state index contributed by atoms with van der Waals surface area (Å²) < 4.78 is 0. The molecule has 6 nitrogen and oxygen atoms in total. The second-order valence-electron chi connectivity index (χ2n) is 3.17. The number of nitrogens with one attached hydrogen (secondary N) is 1. The van der Waals surface area contributed by atoms with Crippen LogP contribution in [0, 0.1) is 0 Å². The smallest absolute Gasteiger partial charge is 0.324 e. The van der Waals surface area contributed by atoms with E-state index in [1.54, 1.807) is 13.8 Å². The zero-order chi connectivity index (χ0) is 12.0. The van der Waals surface area contributed by atoms with Crippen LogP contribution in [0.4, 0.5) is 4.79 Å². The summed E-state index contributed by atoms with van der Waals surface area (Å²) in [7, 11) is 0. The summed E-state index contributed by atoms with van der Waals surface area (Å²) in [5.41, 5.74) is 4.96. The van der Waals surface area contributed by atoms with Crippen LogP contribution in [0.15, 0.2) is 0 Å². The first-order valence-electron chi connectivity index (χ1n) is 4.33. The van der Waals surface area contributed by atoms with Gasteiger partial charge in [0.15, 0.2) is 0 Å². The molecule has 3 N–H and O–H groups in total. The van der Waals surface area contributed by atoms with Crippen molar-refractivity contribution in [3.05, 3.63) is 0 Å². The molecule has 0 rings (SSSR count). The number of rotatable bonds is 4. The molecule has 0 aromatic heterocycles. The molecule has 7 heteroatoms. The summed E-state index contributed by atoms with van der Waals surface area (Å²) in [6.45, 7) is 3.17. The van der Waals surface area contributed by atoms with Crippen molar-refractivity contribution >= 4 is 29.4 Å². The second-order valence-corrected chi connectivity index (χ2v) is 3.44. The Morgan fingerprint density at radius 1 is 1.40 bits per heavy atom. The van der Waals surface area contributed by atoms with Crippen molar-refractivity contribution < 1.29 is 14.4 Å². The molecule has 0 heterocycles. The minimum Gasteiger partial charge on any atom is -0.368 e. The Kier molecular flexibility index (Phi) is 5.69. The highest BCUT2D eigenvalue weighted by Crippen LogP contribution is 1.98. The number of amides is 4. The Hall–Kier alpha value is -1.30. The van der Waals surface area contributed by atoms with Crippen molar-refractivity contribution in [1.29, 1.82) is 0 Å². The first-order chi connectivity index (χ1) is 6.88. The van der Waals surface area contributed by atoms with E-state index < -0.39 is 17.8 Å². The molecular formula is C8H14ClN3O3. The summed E-state index contributed by atoms with van der Waals surface area (Å²) in [5.74, 6) is -1.57. The van der Waals surface area contributed by atoms with E-state index in [9.17, 15) is 14.4 Å². The van der Waals surface area contributed by atoms with E-state index in [0.29, 0.717) is 0 Å². The summed E-state index contributed by atoms with van der Waals surface area (Å²) in [6.07, 6.45) is 0. The van der Waals surface area contributed by atoms with Gasteiger partial charge in [-0.2, -0.15) is 0 Å². The van der Waals surface area contributed by atoms with Crippen LogP contribution in [0.3, 0.4) is 0 Å². The second kappa shape index (κ2) is 6.23. The van der Waals surface area contributed by atoms with E-state index in [1.807, 2.05) is 5.32 Å². The van der Waals surface area contributed by atoms with Crippen molar-refractivity contribution in [1.82, 2.24) is 10.2 Å². The van der Waals surface area contributed by atoms with Crippen molar-refractivity contribution in [2.75, 3.05) is 12.4 Å². The van der Waals surface area contributed by atoms with Gasteiger partial charge < -0.3 is 10.6 Å². The number of nitrogens with two attached hydrogens (primary N) is 1. The number of hydrogen-bond acceptors (Lipinski definition) is 3. The molecule has 0 aliphatic heterocycles. The zero-order valence-corrected chi connectivity index (χ0v) is 9.37. The maximum atomic E-state index is 11.4. The normalized spacial score (nSPS) is 9.87. The van der Waals surface area contributed by atoms with E-state index in [4.69, 9.17) is 17.3 Å². The van der Waals surface area contributed by atoms with Gasteiger partial charge in [-0.25, -0.2) is 4.79 Å². The van der Waals surface area contributed by atoms with Crippen LogP contribution in [0.2, 0.25) is 0 Å². The summed E-state index contributed by atoms with van der Waals surface area (Å²) in [4.78, 5) is 34.1. The van der Waals surface area contributed by atoms with Crippen molar-refractivity contribution in [3.8, 4) is 0 Å². The van der Waals surface area contributed by atoms with Crippen LogP contribution in [-0.4, -0.2) is 41.2 Å². The number of carbonyl (C=O) groups excluding carboxylic acids is 3. The third kappa shape index (κ3) is 5.21. The number of halogens is 1. The van der Waals surface area contributed by atoms with Crippen molar-refractivity contribution in [2.45, 2.75) is 19.9 Å². The van der Waals surface area contributed by atoms with Crippen LogP contribution in [0.5, 0.6) is 0 Å². The number of primary amides is 1. The van der Waals surface area contributed by atoms with Gasteiger partial charge in [-0.05, 0) is 13.8 Å². The standard InChI is InChI=1S/C8H14ClN3O3/c1-5(2)12(4-6(10)13)8(15)11-7(14)3-9/h5H,3-4H2,1-2H3,(H2,10,13)(H,11,14,15). The molecule has 0 aliphatic carbocycles. The molecule has 0 saturated heterocycles. The lowest BCUT2D eigenvalue weighted by Gasteiger charge is -2.24. The summed E-state index contributed by atoms with van der Waals surface area (Å²) in [6, 6.07) is -0.907. The van der Waals surface area contributed by atoms with Gasteiger partial charge in [0.1, 0.15) is 12.4 Å². The van der Waals surface area contributed by atoms with Gasteiger partial charge in [-0.15, -0.1) is 11.6 Å². The number of hydrogen-bond donors (Lipinski definition) is 2. The van der Waals surface area contributed by atoms with E-state index in [-0.39, 0.29) is 18.5 Å². The largest absolute Gasteiger partial charge is 0.368 e. The molecule has 0 atom stereocenters. The van der Waals surface area contributed by atoms with Crippen LogP contribution in [-0.2, 0) is 9.59 Å². The molecule has 0 aromatic rings. The topological polar surface area (TPSA) is 92.5 Å². The molecule has 4 amide bonds. The van der Waals surface area contributed by atoms with Crippen LogP contribution in [0.1, 0.15) is 13.8 Å². The van der Waals surface area contributed by atoms with E-state index in [2.05, 4.69) is 0 Å². The SMILES string of the molecule is CC(C)N(CC(N)=O)C(=O)NC(=O)CCl. The number of nitrogens with zero attached hydrogens (tertiary/aromatic N) is 1. The number of urea groups is 1. The van der Waals surface area contributed by atoms with Crippen molar-refractivity contribution in [3.63, 3.8) is 0 Å². The molecule has 0 saturated carbocycles. The Bertz CT molecular complexity index is 268. The maximum absolute atomic E-state index is 11.4. The predicted molar refractivity (Wildman–Crippen MR) is 55.3 cm³/mol. The maximum Gasteiger partial charge on any atom is 0.324 e. The Morgan fingerprint density at radius 2 is 1.93 bits per heavy atom. The molecule has 0 aliphatic rings. The molecule has 0 unspecified atom stereocenters. The predicted octanol–water partition coefficient (Wildman–Crippen LogP) is -0.343. The highest BCUT2D eigenvalue weighted by atomic mass is 35.5. The minimum absolute atomic E-state index is 0.236. The highest BCUT2D eigenvalue weighted by molar-refractivity contribution is 6.28. The van der Waals surface area contributed by atoms with Crippen LogP contribution < -0.4 is 11.1 Å². The highest BCUT2D eigenvalue weighted by Gasteiger charge is 2.20. The molecule has 0 bridgehead atoms. The van der Waals surface area contributed by atoms with Gasteiger partial charge in [0.05, 0.1) is 0 Å². The average molecular weight is 236 g/mol. The van der Waals surface area contributed by atoms with E-state index >= 15 is 0 Å². The fourth-order valence-electron chi connectivity index (χ4n) is 0.881. The first-order valence-corrected chi connectivity index (χ1v) is 4.86. The number of alkyl halides is 1. The average Bonchev–Trinajstić information content (AvgIpc) is 2.12. The summed E-state index contributed by atoms with van der Waals surface area (Å²) >= 11 is 5.21. The number of carbonyl (C=O) groups is 3. The molecule has 86 valence electrons. The minimum atomic E-state index is -0.672. The lowest BCUT2D eigenvalue weighted by Crippen LogP contribution is -2.49. The quantitative estimate of drug-likeness (QED) is 0.653. The fraction of sp³-hybridized carbons (Fsp3) is 0.625. The first kappa shape index (κ1) is 13.7.